The maximum atomic E-state index is 13.1. The summed E-state index contributed by atoms with van der Waals surface area (Å²) in [6, 6.07) is 17.6. The lowest BCUT2D eigenvalue weighted by Gasteiger charge is -2.22. The summed E-state index contributed by atoms with van der Waals surface area (Å²) < 4.78 is 33.1. The van der Waals surface area contributed by atoms with Crippen LogP contribution in [0.5, 0.6) is 5.75 Å². The lowest BCUT2D eigenvalue weighted by Crippen LogP contribution is -2.30. The SMILES string of the molecule is Cc1ccc(C(=O)N(Cc2cccc(OS(C)(=O)=O)c2)Cc2ccco2)cc1. The fourth-order valence-corrected chi connectivity index (χ4v) is 3.21. The van der Waals surface area contributed by atoms with Gasteiger partial charge >= 0.3 is 10.1 Å². The van der Waals surface area contributed by atoms with Crippen molar-refractivity contribution in [2.75, 3.05) is 6.26 Å². The van der Waals surface area contributed by atoms with Crippen molar-refractivity contribution < 1.29 is 21.8 Å². The van der Waals surface area contributed by atoms with Gasteiger partial charge in [0.1, 0.15) is 11.5 Å². The van der Waals surface area contributed by atoms with Crippen LogP contribution in [0.25, 0.3) is 0 Å². The molecule has 3 rings (SSSR count). The molecule has 0 bridgehead atoms. The quantitative estimate of drug-likeness (QED) is 0.565. The molecule has 0 aliphatic carbocycles. The molecule has 0 aliphatic rings. The number of nitrogens with zero attached hydrogens (tertiary/aromatic N) is 1. The Morgan fingerprint density at radius 2 is 1.79 bits per heavy atom. The Labute approximate surface area is 164 Å². The number of carbonyl (C=O) groups excluding carboxylic acids is 1. The number of benzene rings is 2. The number of hydrogen-bond donors (Lipinski definition) is 0. The summed E-state index contributed by atoms with van der Waals surface area (Å²) in [5.41, 5.74) is 2.38. The minimum atomic E-state index is -3.62. The van der Waals surface area contributed by atoms with Gasteiger partial charge in [-0.2, -0.15) is 8.42 Å². The molecule has 3 aromatic rings. The monoisotopic (exact) mass is 399 g/mol. The Hall–Kier alpha value is -3.06. The number of furan rings is 1. The van der Waals surface area contributed by atoms with E-state index < -0.39 is 10.1 Å². The summed E-state index contributed by atoms with van der Waals surface area (Å²) in [6.07, 6.45) is 2.55. The van der Waals surface area contributed by atoms with Crippen molar-refractivity contribution in [1.29, 1.82) is 0 Å². The van der Waals surface area contributed by atoms with Crippen LogP contribution >= 0.6 is 0 Å². The Kier molecular flexibility index (Phi) is 5.84. The molecule has 0 atom stereocenters. The Bertz CT molecular complexity index is 1040. The molecule has 0 N–H and O–H groups in total. The lowest BCUT2D eigenvalue weighted by atomic mass is 10.1. The van der Waals surface area contributed by atoms with Crippen LogP contribution in [-0.2, 0) is 23.2 Å². The zero-order chi connectivity index (χ0) is 20.1. The van der Waals surface area contributed by atoms with E-state index in [1.54, 1.807) is 53.6 Å². The molecular formula is C21H21NO5S. The summed E-state index contributed by atoms with van der Waals surface area (Å²) in [4.78, 5) is 14.7. The van der Waals surface area contributed by atoms with E-state index >= 15 is 0 Å². The van der Waals surface area contributed by atoms with Gasteiger partial charge in [0.25, 0.3) is 5.91 Å². The summed E-state index contributed by atoms with van der Waals surface area (Å²) in [6.45, 7) is 2.52. The molecule has 0 saturated heterocycles. The molecule has 0 saturated carbocycles. The van der Waals surface area contributed by atoms with Gasteiger partial charge in [-0.05, 0) is 48.9 Å². The summed E-state index contributed by atoms with van der Waals surface area (Å²) >= 11 is 0. The third-order valence-electron chi connectivity index (χ3n) is 4.03. The van der Waals surface area contributed by atoms with E-state index in [0.29, 0.717) is 11.3 Å². The highest BCUT2D eigenvalue weighted by molar-refractivity contribution is 7.86. The number of hydrogen-bond acceptors (Lipinski definition) is 5. The average molecular weight is 399 g/mol. The maximum absolute atomic E-state index is 13.1. The van der Waals surface area contributed by atoms with Gasteiger partial charge in [0.05, 0.1) is 19.1 Å². The van der Waals surface area contributed by atoms with Crippen molar-refractivity contribution in [3.05, 3.63) is 89.4 Å². The van der Waals surface area contributed by atoms with Gasteiger partial charge < -0.3 is 13.5 Å². The summed E-state index contributed by atoms with van der Waals surface area (Å²) in [5.74, 6) is 0.718. The van der Waals surface area contributed by atoms with Gasteiger partial charge in [0, 0.05) is 12.1 Å². The van der Waals surface area contributed by atoms with Crippen molar-refractivity contribution in [2.45, 2.75) is 20.0 Å². The first-order valence-corrected chi connectivity index (χ1v) is 10.5. The standard InChI is InChI=1S/C21H21NO5S/c1-16-8-10-18(11-9-16)21(23)22(15-20-7-4-12-26-20)14-17-5-3-6-19(13-17)27-28(2,24)25/h3-13H,14-15H2,1-2H3. The second-order valence-corrected chi connectivity index (χ2v) is 8.12. The molecule has 146 valence electrons. The molecule has 28 heavy (non-hydrogen) atoms. The molecule has 1 amide bonds. The van der Waals surface area contributed by atoms with Gasteiger partial charge in [0.15, 0.2) is 0 Å². The Morgan fingerprint density at radius 3 is 2.43 bits per heavy atom. The van der Waals surface area contributed by atoms with E-state index in [2.05, 4.69) is 0 Å². The Balaban J connectivity index is 1.86. The highest BCUT2D eigenvalue weighted by Gasteiger charge is 2.18. The Morgan fingerprint density at radius 1 is 1.04 bits per heavy atom. The van der Waals surface area contributed by atoms with Crippen LogP contribution < -0.4 is 4.18 Å². The number of amides is 1. The van der Waals surface area contributed by atoms with Crippen LogP contribution in [0.1, 0.15) is 27.2 Å². The first-order chi connectivity index (χ1) is 13.3. The van der Waals surface area contributed by atoms with Crippen LogP contribution in [0.2, 0.25) is 0 Å². The van der Waals surface area contributed by atoms with Crippen LogP contribution in [0.15, 0.2) is 71.3 Å². The van der Waals surface area contributed by atoms with Crippen LogP contribution in [0.4, 0.5) is 0 Å². The highest BCUT2D eigenvalue weighted by atomic mass is 32.2. The number of carbonyl (C=O) groups is 1. The second-order valence-electron chi connectivity index (χ2n) is 6.54. The van der Waals surface area contributed by atoms with Crippen molar-refractivity contribution in [2.24, 2.45) is 0 Å². The second kappa shape index (κ2) is 8.31. The third kappa shape index (κ3) is 5.47. The lowest BCUT2D eigenvalue weighted by molar-refractivity contribution is 0.0717. The molecular weight excluding hydrogens is 378 g/mol. The van der Waals surface area contributed by atoms with Gasteiger partial charge in [-0.15, -0.1) is 0 Å². The van der Waals surface area contributed by atoms with E-state index in [0.717, 1.165) is 17.4 Å². The van der Waals surface area contributed by atoms with Crippen molar-refractivity contribution in [3.63, 3.8) is 0 Å². The topological polar surface area (TPSA) is 76.8 Å². The van der Waals surface area contributed by atoms with E-state index in [4.69, 9.17) is 8.60 Å². The van der Waals surface area contributed by atoms with Gasteiger partial charge in [-0.25, -0.2) is 0 Å². The van der Waals surface area contributed by atoms with Crippen molar-refractivity contribution >= 4 is 16.0 Å². The fourth-order valence-electron chi connectivity index (χ4n) is 2.76. The van der Waals surface area contributed by atoms with Crippen molar-refractivity contribution in [1.82, 2.24) is 4.90 Å². The van der Waals surface area contributed by atoms with E-state index in [-0.39, 0.29) is 24.7 Å². The zero-order valence-corrected chi connectivity index (χ0v) is 16.5. The van der Waals surface area contributed by atoms with Crippen LogP contribution in [0, 0.1) is 6.92 Å². The van der Waals surface area contributed by atoms with Crippen LogP contribution in [-0.4, -0.2) is 25.5 Å². The number of aryl methyl sites for hydroxylation is 1. The molecule has 0 radical (unpaired) electrons. The fraction of sp³-hybridized carbons (Fsp3) is 0.190. The molecule has 6 nitrogen and oxygen atoms in total. The van der Waals surface area contributed by atoms with E-state index in [9.17, 15) is 13.2 Å². The average Bonchev–Trinajstić information content (AvgIpc) is 3.13. The molecule has 2 aromatic carbocycles. The first-order valence-electron chi connectivity index (χ1n) is 8.67. The molecule has 7 heteroatoms. The summed E-state index contributed by atoms with van der Waals surface area (Å²) in [5, 5.41) is 0. The predicted molar refractivity (Wildman–Crippen MR) is 105 cm³/mol. The third-order valence-corrected chi connectivity index (χ3v) is 4.53. The van der Waals surface area contributed by atoms with Crippen LogP contribution in [0.3, 0.4) is 0 Å². The van der Waals surface area contributed by atoms with E-state index in [1.807, 2.05) is 25.1 Å². The van der Waals surface area contributed by atoms with Gasteiger partial charge in [0.2, 0.25) is 0 Å². The predicted octanol–water partition coefficient (Wildman–Crippen LogP) is 3.77. The normalized spacial score (nSPS) is 11.2. The molecule has 1 aromatic heterocycles. The first kappa shape index (κ1) is 19.7. The minimum absolute atomic E-state index is 0.147. The minimum Gasteiger partial charge on any atom is -0.467 e. The maximum Gasteiger partial charge on any atom is 0.306 e. The summed E-state index contributed by atoms with van der Waals surface area (Å²) in [7, 11) is -3.62. The molecule has 0 fully saturated rings. The van der Waals surface area contributed by atoms with Crippen molar-refractivity contribution in [3.8, 4) is 5.75 Å². The highest BCUT2D eigenvalue weighted by Crippen LogP contribution is 2.19. The zero-order valence-electron chi connectivity index (χ0n) is 15.7. The number of rotatable bonds is 7. The molecule has 0 spiro atoms. The molecule has 0 aliphatic heterocycles. The molecule has 0 unspecified atom stereocenters. The van der Waals surface area contributed by atoms with Gasteiger partial charge in [-0.3, -0.25) is 4.79 Å². The largest absolute Gasteiger partial charge is 0.467 e. The van der Waals surface area contributed by atoms with Gasteiger partial charge in [-0.1, -0.05) is 29.8 Å². The smallest absolute Gasteiger partial charge is 0.306 e. The van der Waals surface area contributed by atoms with E-state index in [1.165, 1.54) is 0 Å². The molecule has 1 heterocycles.